The molecule has 6 nitrogen and oxygen atoms in total. The van der Waals surface area contributed by atoms with Gasteiger partial charge in [-0.25, -0.2) is 8.42 Å². The summed E-state index contributed by atoms with van der Waals surface area (Å²) in [6, 6.07) is 5.99. The van der Waals surface area contributed by atoms with Crippen molar-refractivity contribution in [1.29, 1.82) is 0 Å². The number of rotatable bonds is 5. The van der Waals surface area contributed by atoms with Crippen LogP contribution in [0.4, 0.5) is 0 Å². The zero-order valence-corrected chi connectivity index (χ0v) is 14.7. The highest BCUT2D eigenvalue weighted by molar-refractivity contribution is 7.90. The molecule has 22 heavy (non-hydrogen) atoms. The highest BCUT2D eigenvalue weighted by atomic mass is 32.2. The van der Waals surface area contributed by atoms with Crippen molar-refractivity contribution in [2.24, 2.45) is 0 Å². The van der Waals surface area contributed by atoms with E-state index in [1.54, 1.807) is 26.1 Å². The van der Waals surface area contributed by atoms with Crippen molar-refractivity contribution in [2.75, 3.05) is 26.4 Å². The van der Waals surface area contributed by atoms with E-state index in [0.717, 1.165) is 24.7 Å². The first kappa shape index (κ1) is 17.4. The van der Waals surface area contributed by atoms with Crippen molar-refractivity contribution in [3.8, 4) is 0 Å². The van der Waals surface area contributed by atoms with E-state index in [0.29, 0.717) is 13.1 Å². The van der Waals surface area contributed by atoms with Crippen LogP contribution in [0.2, 0.25) is 0 Å². The lowest BCUT2D eigenvalue weighted by Gasteiger charge is -2.29. The summed E-state index contributed by atoms with van der Waals surface area (Å²) >= 11 is 0. The first-order valence-corrected chi connectivity index (χ1v) is 10.5. The monoisotopic (exact) mass is 346 g/mol. The Morgan fingerprint density at radius 3 is 2.00 bits per heavy atom. The summed E-state index contributed by atoms with van der Waals surface area (Å²) < 4.78 is 50.8. The predicted octanol–water partition coefficient (Wildman–Crippen LogP) is 1.42. The maximum atomic E-state index is 12.5. The minimum Gasteiger partial charge on any atom is -0.224 e. The van der Waals surface area contributed by atoms with E-state index in [1.165, 1.54) is 20.7 Å². The summed E-state index contributed by atoms with van der Waals surface area (Å²) in [4.78, 5) is 0.230. The van der Waals surface area contributed by atoms with Gasteiger partial charge in [0.25, 0.3) is 10.2 Å². The molecule has 8 heteroatoms. The maximum Gasteiger partial charge on any atom is 0.282 e. The van der Waals surface area contributed by atoms with Crippen LogP contribution in [-0.2, 0) is 20.0 Å². The van der Waals surface area contributed by atoms with E-state index < -0.39 is 20.0 Å². The first-order chi connectivity index (χ1) is 10.1. The van der Waals surface area contributed by atoms with Crippen molar-refractivity contribution in [2.45, 2.75) is 30.7 Å². The molecule has 1 aliphatic rings. The fourth-order valence-corrected chi connectivity index (χ4v) is 4.74. The molecular formula is C14H22N2O4S2. The van der Waals surface area contributed by atoms with E-state index in [1.807, 2.05) is 0 Å². The molecule has 0 radical (unpaired) electrons. The second-order valence-electron chi connectivity index (χ2n) is 5.65. The van der Waals surface area contributed by atoms with Gasteiger partial charge < -0.3 is 0 Å². The van der Waals surface area contributed by atoms with Gasteiger partial charge in [0.05, 0.1) is 4.90 Å². The smallest absolute Gasteiger partial charge is 0.224 e. The van der Waals surface area contributed by atoms with Gasteiger partial charge in [-0.15, -0.1) is 0 Å². The number of hydrogen-bond donors (Lipinski definition) is 0. The fraction of sp³-hybridized carbons (Fsp3) is 0.571. The molecule has 0 aliphatic carbocycles. The normalized spacial score (nSPS) is 18.7. The Balaban J connectivity index is 2.21. The summed E-state index contributed by atoms with van der Waals surface area (Å²) in [7, 11) is -5.16. The lowest BCUT2D eigenvalue weighted by molar-refractivity contribution is 0.350. The molecule has 1 saturated heterocycles. The third-order valence-corrected chi connectivity index (χ3v) is 7.28. The third kappa shape index (κ3) is 3.51. The SMILES string of the molecule is C[C@H](c1ccc(S(C)(=O)=O)cc1)N(C)S(=O)(=O)N1CCCC1. The van der Waals surface area contributed by atoms with Crippen LogP contribution in [0.25, 0.3) is 0 Å². The lowest BCUT2D eigenvalue weighted by atomic mass is 10.1. The Hall–Kier alpha value is -0.960. The Bertz CT molecular complexity index is 721. The van der Waals surface area contributed by atoms with E-state index in [4.69, 9.17) is 0 Å². The highest BCUT2D eigenvalue weighted by Gasteiger charge is 2.32. The molecule has 0 unspecified atom stereocenters. The maximum absolute atomic E-state index is 12.5. The summed E-state index contributed by atoms with van der Waals surface area (Å²) in [5.41, 5.74) is 0.762. The van der Waals surface area contributed by atoms with Gasteiger partial charge in [0.1, 0.15) is 0 Å². The fourth-order valence-electron chi connectivity index (χ4n) is 2.50. The molecule has 0 aromatic heterocycles. The highest BCUT2D eigenvalue weighted by Crippen LogP contribution is 2.26. The summed E-state index contributed by atoms with van der Waals surface area (Å²) in [5.74, 6) is 0. The number of benzene rings is 1. The van der Waals surface area contributed by atoms with Crippen molar-refractivity contribution in [3.05, 3.63) is 29.8 Å². The zero-order valence-electron chi connectivity index (χ0n) is 13.1. The van der Waals surface area contributed by atoms with Crippen molar-refractivity contribution >= 4 is 20.0 Å². The molecule has 1 fully saturated rings. The Morgan fingerprint density at radius 2 is 1.55 bits per heavy atom. The van der Waals surface area contributed by atoms with Gasteiger partial charge in [-0.05, 0) is 37.5 Å². The molecule has 124 valence electrons. The summed E-state index contributed by atoms with van der Waals surface area (Å²) in [6.45, 7) is 2.92. The Morgan fingerprint density at radius 1 is 1.05 bits per heavy atom. The quantitative estimate of drug-likeness (QED) is 0.808. The van der Waals surface area contributed by atoms with Gasteiger partial charge in [-0.2, -0.15) is 17.0 Å². The molecular weight excluding hydrogens is 324 g/mol. The van der Waals surface area contributed by atoms with Crippen LogP contribution in [0.15, 0.2) is 29.2 Å². The second-order valence-corrected chi connectivity index (χ2v) is 9.65. The molecule has 1 heterocycles. The molecule has 1 atom stereocenters. The van der Waals surface area contributed by atoms with Crippen molar-refractivity contribution < 1.29 is 16.8 Å². The van der Waals surface area contributed by atoms with Crippen LogP contribution < -0.4 is 0 Å². The van der Waals surface area contributed by atoms with E-state index in [-0.39, 0.29) is 10.9 Å². The van der Waals surface area contributed by atoms with Gasteiger partial charge >= 0.3 is 0 Å². The standard InChI is InChI=1S/C14H22N2O4S2/c1-12(13-6-8-14(9-7-13)21(3,17)18)15(2)22(19,20)16-10-4-5-11-16/h6-9,12H,4-5,10-11H2,1-3H3/t12-/m1/s1. The molecule has 0 spiro atoms. The number of nitrogens with zero attached hydrogens (tertiary/aromatic N) is 2. The van der Waals surface area contributed by atoms with Crippen molar-refractivity contribution in [1.82, 2.24) is 8.61 Å². The van der Waals surface area contributed by atoms with Gasteiger partial charge in [0, 0.05) is 32.4 Å². The third-order valence-electron chi connectivity index (χ3n) is 4.09. The first-order valence-electron chi connectivity index (χ1n) is 7.17. The molecule has 1 aromatic rings. The summed E-state index contributed by atoms with van der Waals surface area (Å²) in [6.07, 6.45) is 2.93. The largest absolute Gasteiger partial charge is 0.282 e. The predicted molar refractivity (Wildman–Crippen MR) is 85.5 cm³/mol. The van der Waals surface area contributed by atoms with Gasteiger partial charge in [-0.1, -0.05) is 12.1 Å². The van der Waals surface area contributed by atoms with Crippen LogP contribution in [0.3, 0.4) is 0 Å². The molecule has 1 aliphatic heterocycles. The molecule has 0 bridgehead atoms. The second kappa shape index (κ2) is 6.27. The molecule has 0 N–H and O–H groups in total. The van der Waals surface area contributed by atoms with Crippen LogP contribution in [0, 0.1) is 0 Å². The molecule has 0 saturated carbocycles. The minimum atomic E-state index is -3.48. The van der Waals surface area contributed by atoms with Crippen LogP contribution >= 0.6 is 0 Å². The molecule has 1 aromatic carbocycles. The van der Waals surface area contributed by atoms with Crippen LogP contribution in [0.1, 0.15) is 31.4 Å². The van der Waals surface area contributed by atoms with Crippen LogP contribution in [0.5, 0.6) is 0 Å². The van der Waals surface area contributed by atoms with E-state index >= 15 is 0 Å². The lowest BCUT2D eigenvalue weighted by Crippen LogP contribution is -2.41. The Kier molecular flexibility index (Phi) is 4.96. The number of sulfone groups is 1. The summed E-state index contributed by atoms with van der Waals surface area (Å²) in [5, 5.41) is 0. The van der Waals surface area contributed by atoms with Gasteiger partial charge in [-0.3, -0.25) is 0 Å². The number of hydrogen-bond acceptors (Lipinski definition) is 4. The topological polar surface area (TPSA) is 74.8 Å². The van der Waals surface area contributed by atoms with E-state index in [9.17, 15) is 16.8 Å². The zero-order chi connectivity index (χ0) is 16.5. The van der Waals surface area contributed by atoms with Gasteiger partial charge in [0.2, 0.25) is 0 Å². The van der Waals surface area contributed by atoms with Crippen LogP contribution in [-0.4, -0.2) is 51.8 Å². The minimum absolute atomic E-state index is 0.230. The Labute approximate surface area is 132 Å². The van der Waals surface area contributed by atoms with Crippen molar-refractivity contribution in [3.63, 3.8) is 0 Å². The average molecular weight is 346 g/mol. The molecule has 2 rings (SSSR count). The van der Waals surface area contributed by atoms with Gasteiger partial charge in [0.15, 0.2) is 9.84 Å². The average Bonchev–Trinajstić information content (AvgIpc) is 3.00. The molecule has 0 amide bonds. The van der Waals surface area contributed by atoms with E-state index in [2.05, 4.69) is 0 Å².